The Labute approximate surface area is 178 Å². The summed E-state index contributed by atoms with van der Waals surface area (Å²) in [4.78, 5) is 14.2. The summed E-state index contributed by atoms with van der Waals surface area (Å²) in [5.41, 5.74) is 5.04. The standard InChI is InChI=1S/C28H26O2/c1-19-20(2)26(29)28(24-17-11-6-12-18-24,27(30)23-15-9-5-10-16-23)21(3)25(19)22-13-7-4-8-14-22/h4-18,26,29H,1-3H3. The zero-order valence-corrected chi connectivity index (χ0v) is 17.6. The van der Waals surface area contributed by atoms with Gasteiger partial charge in [-0.05, 0) is 54.2 Å². The van der Waals surface area contributed by atoms with E-state index in [1.54, 1.807) is 0 Å². The van der Waals surface area contributed by atoms with Crippen LogP contribution in [0.3, 0.4) is 0 Å². The molecule has 0 heterocycles. The van der Waals surface area contributed by atoms with Gasteiger partial charge in [0.2, 0.25) is 0 Å². The Balaban J connectivity index is 2.09. The molecule has 1 aliphatic rings. The summed E-state index contributed by atoms with van der Waals surface area (Å²) in [7, 11) is 0. The molecule has 0 aliphatic heterocycles. The second-order valence-corrected chi connectivity index (χ2v) is 7.95. The van der Waals surface area contributed by atoms with Gasteiger partial charge in [-0.3, -0.25) is 4.79 Å². The lowest BCUT2D eigenvalue weighted by Crippen LogP contribution is -2.50. The van der Waals surface area contributed by atoms with Crippen LogP contribution in [0.5, 0.6) is 0 Å². The third kappa shape index (κ3) is 2.96. The Hall–Kier alpha value is -3.23. The van der Waals surface area contributed by atoms with Crippen LogP contribution in [-0.4, -0.2) is 17.0 Å². The number of Topliss-reactive ketones (excluding diaryl/α,β-unsaturated/α-hetero) is 1. The molecule has 3 aromatic carbocycles. The Bertz CT molecular complexity index is 1130. The molecular weight excluding hydrogens is 368 g/mol. The van der Waals surface area contributed by atoms with Crippen molar-refractivity contribution in [3.8, 4) is 0 Å². The molecule has 0 radical (unpaired) electrons. The molecule has 2 nitrogen and oxygen atoms in total. The summed E-state index contributed by atoms with van der Waals surface area (Å²) in [6.07, 6.45) is -0.944. The summed E-state index contributed by atoms with van der Waals surface area (Å²) in [5, 5.41) is 11.7. The molecular formula is C28H26O2. The molecule has 0 saturated carbocycles. The lowest BCUT2D eigenvalue weighted by Gasteiger charge is -2.44. The number of rotatable bonds is 4. The first-order valence-corrected chi connectivity index (χ1v) is 10.3. The normalized spacial score (nSPS) is 21.7. The van der Waals surface area contributed by atoms with Gasteiger partial charge in [0.05, 0.1) is 6.10 Å². The van der Waals surface area contributed by atoms with Crippen LogP contribution in [0.2, 0.25) is 0 Å². The Morgan fingerprint density at radius 2 is 1.27 bits per heavy atom. The Morgan fingerprint density at radius 1 is 0.767 bits per heavy atom. The SMILES string of the molecule is CC1=C(C)C(O)C(C(=O)c2ccccc2)(c2ccccc2)C(C)=C1c1ccccc1. The third-order valence-electron chi connectivity index (χ3n) is 6.44. The second kappa shape index (κ2) is 7.89. The molecule has 4 rings (SSSR count). The monoisotopic (exact) mass is 394 g/mol. The fourth-order valence-electron chi connectivity index (χ4n) is 4.77. The van der Waals surface area contributed by atoms with E-state index in [0.717, 1.165) is 33.4 Å². The van der Waals surface area contributed by atoms with Crippen molar-refractivity contribution in [3.63, 3.8) is 0 Å². The van der Waals surface area contributed by atoms with Crippen molar-refractivity contribution in [2.24, 2.45) is 0 Å². The quantitative estimate of drug-likeness (QED) is 0.552. The van der Waals surface area contributed by atoms with Crippen LogP contribution in [0.15, 0.2) is 108 Å². The maximum atomic E-state index is 14.2. The van der Waals surface area contributed by atoms with Gasteiger partial charge in [-0.15, -0.1) is 0 Å². The van der Waals surface area contributed by atoms with E-state index in [9.17, 15) is 9.90 Å². The molecule has 3 aromatic rings. The molecule has 0 saturated heterocycles. The van der Waals surface area contributed by atoms with Gasteiger partial charge in [0.15, 0.2) is 5.78 Å². The lowest BCUT2D eigenvalue weighted by atomic mass is 9.59. The molecule has 1 aliphatic carbocycles. The van der Waals surface area contributed by atoms with Crippen molar-refractivity contribution in [2.45, 2.75) is 32.3 Å². The number of aliphatic hydroxyl groups excluding tert-OH is 1. The Morgan fingerprint density at radius 3 is 1.83 bits per heavy atom. The van der Waals surface area contributed by atoms with Gasteiger partial charge in [-0.1, -0.05) is 91.0 Å². The fraction of sp³-hybridized carbons (Fsp3) is 0.179. The van der Waals surface area contributed by atoms with Gasteiger partial charge in [0.25, 0.3) is 0 Å². The second-order valence-electron chi connectivity index (χ2n) is 7.95. The van der Waals surface area contributed by atoms with Gasteiger partial charge in [0.1, 0.15) is 5.41 Å². The minimum Gasteiger partial charge on any atom is -0.387 e. The van der Waals surface area contributed by atoms with Crippen LogP contribution in [-0.2, 0) is 5.41 Å². The number of carbonyl (C=O) groups excluding carboxylic acids is 1. The summed E-state index contributed by atoms with van der Waals surface area (Å²) < 4.78 is 0. The summed E-state index contributed by atoms with van der Waals surface area (Å²) in [6, 6.07) is 29.1. The van der Waals surface area contributed by atoms with Crippen LogP contribution in [0.25, 0.3) is 5.57 Å². The smallest absolute Gasteiger partial charge is 0.180 e. The van der Waals surface area contributed by atoms with E-state index in [4.69, 9.17) is 0 Å². The molecule has 2 heteroatoms. The highest BCUT2D eigenvalue weighted by atomic mass is 16.3. The van der Waals surface area contributed by atoms with E-state index in [1.807, 2.05) is 99.6 Å². The van der Waals surface area contributed by atoms with Crippen LogP contribution in [0.4, 0.5) is 0 Å². The van der Waals surface area contributed by atoms with Crippen molar-refractivity contribution >= 4 is 11.4 Å². The average Bonchev–Trinajstić information content (AvgIpc) is 2.80. The van der Waals surface area contributed by atoms with E-state index in [0.29, 0.717) is 5.56 Å². The molecule has 2 unspecified atom stereocenters. The molecule has 2 atom stereocenters. The minimum absolute atomic E-state index is 0.0837. The lowest BCUT2D eigenvalue weighted by molar-refractivity contribution is 0.0725. The largest absolute Gasteiger partial charge is 0.387 e. The first-order valence-electron chi connectivity index (χ1n) is 10.3. The molecule has 0 fully saturated rings. The third-order valence-corrected chi connectivity index (χ3v) is 6.44. The summed E-state index contributed by atoms with van der Waals surface area (Å²) in [6.45, 7) is 5.97. The number of benzene rings is 3. The zero-order valence-electron chi connectivity index (χ0n) is 17.6. The van der Waals surface area contributed by atoms with E-state index in [-0.39, 0.29) is 5.78 Å². The van der Waals surface area contributed by atoms with Crippen molar-refractivity contribution in [1.82, 2.24) is 0 Å². The molecule has 150 valence electrons. The van der Waals surface area contributed by atoms with Gasteiger partial charge in [-0.2, -0.15) is 0 Å². The highest BCUT2D eigenvalue weighted by Crippen LogP contribution is 2.50. The number of allylic oxidation sites excluding steroid dienone is 2. The van der Waals surface area contributed by atoms with Crippen LogP contribution >= 0.6 is 0 Å². The number of ketones is 1. The number of hydrogen-bond acceptors (Lipinski definition) is 2. The molecule has 0 aromatic heterocycles. The van der Waals surface area contributed by atoms with Gasteiger partial charge in [0, 0.05) is 5.56 Å². The summed E-state index contributed by atoms with van der Waals surface area (Å²) in [5.74, 6) is -0.0837. The zero-order chi connectivity index (χ0) is 21.3. The number of hydrogen-bond donors (Lipinski definition) is 1. The van der Waals surface area contributed by atoms with Gasteiger partial charge in [-0.25, -0.2) is 0 Å². The predicted molar refractivity (Wildman–Crippen MR) is 122 cm³/mol. The molecule has 0 bridgehead atoms. The van der Waals surface area contributed by atoms with Crippen molar-refractivity contribution in [2.75, 3.05) is 0 Å². The maximum Gasteiger partial charge on any atom is 0.180 e. The van der Waals surface area contributed by atoms with Crippen molar-refractivity contribution in [3.05, 3.63) is 124 Å². The van der Waals surface area contributed by atoms with E-state index in [1.165, 1.54) is 0 Å². The number of carbonyl (C=O) groups is 1. The van der Waals surface area contributed by atoms with Crippen LogP contribution < -0.4 is 0 Å². The maximum absolute atomic E-state index is 14.2. The molecule has 1 N–H and O–H groups in total. The minimum atomic E-state index is -1.18. The van der Waals surface area contributed by atoms with Gasteiger partial charge < -0.3 is 5.11 Å². The molecule has 0 amide bonds. The molecule has 0 spiro atoms. The van der Waals surface area contributed by atoms with Crippen molar-refractivity contribution in [1.29, 1.82) is 0 Å². The van der Waals surface area contributed by atoms with Crippen LogP contribution in [0.1, 0.15) is 42.3 Å². The first-order chi connectivity index (χ1) is 14.5. The average molecular weight is 395 g/mol. The van der Waals surface area contributed by atoms with Crippen LogP contribution in [0, 0.1) is 0 Å². The Kier molecular flexibility index (Phi) is 5.27. The highest BCUT2D eigenvalue weighted by molar-refractivity contribution is 6.10. The number of aliphatic hydroxyl groups is 1. The van der Waals surface area contributed by atoms with E-state index >= 15 is 0 Å². The first kappa shape index (κ1) is 20.1. The fourth-order valence-corrected chi connectivity index (χ4v) is 4.77. The van der Waals surface area contributed by atoms with Gasteiger partial charge >= 0.3 is 0 Å². The predicted octanol–water partition coefficient (Wildman–Crippen LogP) is 5.99. The van der Waals surface area contributed by atoms with E-state index < -0.39 is 11.5 Å². The highest BCUT2D eigenvalue weighted by Gasteiger charge is 2.52. The van der Waals surface area contributed by atoms with E-state index in [2.05, 4.69) is 12.1 Å². The van der Waals surface area contributed by atoms with Crippen molar-refractivity contribution < 1.29 is 9.90 Å². The topological polar surface area (TPSA) is 37.3 Å². The molecule has 30 heavy (non-hydrogen) atoms. The summed E-state index contributed by atoms with van der Waals surface area (Å²) >= 11 is 0.